The van der Waals surface area contributed by atoms with Crippen molar-refractivity contribution in [1.29, 1.82) is 0 Å². The maximum atomic E-state index is 14.2. The zero-order valence-corrected chi connectivity index (χ0v) is 23.4. The molecule has 9 nitrogen and oxygen atoms in total. The minimum atomic E-state index is -0.739. The van der Waals surface area contributed by atoms with Crippen LogP contribution in [0.5, 0.6) is 5.75 Å². The molecule has 208 valence electrons. The second-order valence-corrected chi connectivity index (χ2v) is 11.1. The van der Waals surface area contributed by atoms with Crippen molar-refractivity contribution in [3.63, 3.8) is 0 Å². The number of hydrogen-bond acceptors (Lipinski definition) is 8. The predicted molar refractivity (Wildman–Crippen MR) is 153 cm³/mol. The number of fused-ring (bicyclic) bond motifs is 3. The second kappa shape index (κ2) is 11.0. The van der Waals surface area contributed by atoms with E-state index in [2.05, 4.69) is 4.90 Å². The molecule has 2 aromatic heterocycles. The molecule has 2 aliphatic rings. The van der Waals surface area contributed by atoms with Gasteiger partial charge in [0, 0.05) is 31.9 Å². The summed E-state index contributed by atoms with van der Waals surface area (Å²) in [6.45, 7) is 8.30. The summed E-state index contributed by atoms with van der Waals surface area (Å²) in [4.78, 5) is 37.5. The van der Waals surface area contributed by atoms with Gasteiger partial charge in [0.25, 0.3) is 5.91 Å². The van der Waals surface area contributed by atoms with E-state index < -0.39 is 17.7 Å². The molecule has 1 saturated heterocycles. The average Bonchev–Trinajstić information content (AvgIpc) is 3.59. The van der Waals surface area contributed by atoms with E-state index >= 15 is 0 Å². The fraction of sp³-hybridized carbons (Fsp3) is 0.367. The van der Waals surface area contributed by atoms with E-state index in [-0.39, 0.29) is 11.4 Å². The van der Waals surface area contributed by atoms with Crippen molar-refractivity contribution in [2.45, 2.75) is 26.3 Å². The van der Waals surface area contributed by atoms with Gasteiger partial charge in [-0.15, -0.1) is 0 Å². The van der Waals surface area contributed by atoms with Gasteiger partial charge in [-0.2, -0.15) is 0 Å². The molecule has 1 amide bonds. The highest BCUT2D eigenvalue weighted by Crippen LogP contribution is 2.41. The lowest BCUT2D eigenvalue weighted by Crippen LogP contribution is -2.43. The van der Waals surface area contributed by atoms with Crippen molar-refractivity contribution >= 4 is 39.0 Å². The number of aliphatic hydroxyl groups is 1. The van der Waals surface area contributed by atoms with Gasteiger partial charge in [-0.25, -0.2) is 4.98 Å². The van der Waals surface area contributed by atoms with Gasteiger partial charge in [0.05, 0.1) is 47.3 Å². The summed E-state index contributed by atoms with van der Waals surface area (Å²) >= 11 is 1.28. The highest BCUT2D eigenvalue weighted by molar-refractivity contribution is 7.19. The predicted octanol–water partition coefficient (Wildman–Crippen LogP) is 4.56. The molecule has 1 unspecified atom stereocenters. The van der Waals surface area contributed by atoms with Crippen LogP contribution in [-0.4, -0.2) is 82.0 Å². The van der Waals surface area contributed by atoms with Crippen LogP contribution in [0.2, 0.25) is 0 Å². The number of thiazole rings is 1. The molecule has 0 aliphatic carbocycles. The maximum Gasteiger partial charge on any atom is 0.290 e. The molecule has 10 heteroatoms. The van der Waals surface area contributed by atoms with Gasteiger partial charge in [0.2, 0.25) is 5.78 Å². The number of ketones is 1. The van der Waals surface area contributed by atoms with E-state index in [1.807, 2.05) is 66.8 Å². The highest BCUT2D eigenvalue weighted by atomic mass is 32.1. The van der Waals surface area contributed by atoms with Crippen LogP contribution in [0.15, 0.2) is 59.9 Å². The Bertz CT molecular complexity index is 1620. The summed E-state index contributed by atoms with van der Waals surface area (Å²) in [6, 6.07) is 14.5. The first kappa shape index (κ1) is 26.5. The number of carbonyl (C=O) groups is 2. The normalized spacial score (nSPS) is 18.4. The summed E-state index contributed by atoms with van der Waals surface area (Å²) in [5.41, 5.74) is 3.31. The third kappa shape index (κ3) is 4.66. The number of ether oxygens (including phenoxy) is 2. The smallest absolute Gasteiger partial charge is 0.290 e. The number of imidazole rings is 1. The molecule has 0 spiro atoms. The van der Waals surface area contributed by atoms with Crippen LogP contribution >= 0.6 is 11.3 Å². The zero-order valence-electron chi connectivity index (χ0n) is 22.6. The standard InChI is InChI=1S/C30H32N4O5S/c1-3-15-39-21-8-6-7-20(18-21)25-24(27(36)29(37)33(25)12-11-32-13-16-38-17-14-32)26(35)28-19(2)34-23-10-5-4-9-22(23)31-30(34)40-28/h4-10,18,25,36H,3,11-17H2,1-2H3. The molecule has 1 atom stereocenters. The number of hydrogen-bond donors (Lipinski definition) is 1. The van der Waals surface area contributed by atoms with Crippen LogP contribution in [-0.2, 0) is 9.53 Å². The lowest BCUT2D eigenvalue weighted by Gasteiger charge is -2.31. The molecule has 2 aliphatic heterocycles. The Morgan fingerprint density at radius 1 is 1.15 bits per heavy atom. The van der Waals surface area contributed by atoms with Crippen molar-refractivity contribution < 1.29 is 24.2 Å². The van der Waals surface area contributed by atoms with Crippen LogP contribution in [0.1, 0.15) is 40.3 Å². The Hall–Kier alpha value is -3.73. The molecule has 1 fully saturated rings. The SMILES string of the molecule is CCCOc1cccc(C2C(C(=O)c3sc4nc5ccccc5n4c3C)=C(O)C(=O)N2CCN2CCOCC2)c1. The van der Waals surface area contributed by atoms with Crippen LogP contribution in [0.4, 0.5) is 0 Å². The number of aryl methyl sites for hydroxylation is 1. The first-order valence-electron chi connectivity index (χ1n) is 13.7. The Morgan fingerprint density at radius 3 is 2.75 bits per heavy atom. The molecule has 0 saturated carbocycles. The van der Waals surface area contributed by atoms with E-state index in [1.54, 1.807) is 4.90 Å². The van der Waals surface area contributed by atoms with Crippen LogP contribution in [0.25, 0.3) is 16.0 Å². The molecular formula is C30H32N4O5S. The van der Waals surface area contributed by atoms with Crippen LogP contribution in [0, 0.1) is 6.92 Å². The molecule has 2 aromatic carbocycles. The van der Waals surface area contributed by atoms with Crippen LogP contribution < -0.4 is 4.74 Å². The molecular weight excluding hydrogens is 528 g/mol. The number of Topliss-reactive ketones (excluding diaryl/α,β-unsaturated/α-hetero) is 1. The van der Waals surface area contributed by atoms with Crippen molar-refractivity contribution in [3.05, 3.63) is 76.0 Å². The number of carbonyl (C=O) groups excluding carboxylic acids is 2. The van der Waals surface area contributed by atoms with Gasteiger partial charge >= 0.3 is 0 Å². The topological polar surface area (TPSA) is 96.6 Å². The summed E-state index contributed by atoms with van der Waals surface area (Å²) in [7, 11) is 0. The van der Waals surface area contributed by atoms with Gasteiger partial charge in [-0.3, -0.25) is 18.9 Å². The van der Waals surface area contributed by atoms with E-state index in [4.69, 9.17) is 14.5 Å². The zero-order chi connectivity index (χ0) is 27.8. The van der Waals surface area contributed by atoms with Gasteiger partial charge in [0.1, 0.15) is 5.75 Å². The quantitative estimate of drug-likeness (QED) is 0.300. The molecule has 4 aromatic rings. The number of amides is 1. The van der Waals surface area contributed by atoms with Crippen molar-refractivity contribution in [2.24, 2.45) is 0 Å². The van der Waals surface area contributed by atoms with Crippen molar-refractivity contribution in [3.8, 4) is 5.75 Å². The van der Waals surface area contributed by atoms with E-state index in [1.165, 1.54) is 11.3 Å². The summed E-state index contributed by atoms with van der Waals surface area (Å²) in [5.74, 6) is -0.727. The Labute approximate surface area is 236 Å². The fourth-order valence-electron chi connectivity index (χ4n) is 5.53. The summed E-state index contributed by atoms with van der Waals surface area (Å²) in [5, 5.41) is 11.2. The largest absolute Gasteiger partial charge is 0.503 e. The first-order valence-corrected chi connectivity index (χ1v) is 14.5. The minimum absolute atomic E-state index is 0.0940. The lowest BCUT2D eigenvalue weighted by molar-refractivity contribution is -0.129. The van der Waals surface area contributed by atoms with Gasteiger partial charge in [-0.1, -0.05) is 42.5 Å². The third-order valence-electron chi connectivity index (χ3n) is 7.55. The number of para-hydroxylation sites is 2. The summed E-state index contributed by atoms with van der Waals surface area (Å²) in [6.07, 6.45) is 0.858. The molecule has 0 bridgehead atoms. The Balaban J connectivity index is 1.39. The fourth-order valence-corrected chi connectivity index (χ4v) is 6.62. The number of morpholine rings is 1. The second-order valence-electron chi connectivity index (χ2n) is 10.1. The Morgan fingerprint density at radius 2 is 1.95 bits per heavy atom. The monoisotopic (exact) mass is 560 g/mol. The van der Waals surface area contributed by atoms with E-state index in [0.717, 1.165) is 41.8 Å². The molecule has 4 heterocycles. The van der Waals surface area contributed by atoms with Crippen molar-refractivity contribution in [1.82, 2.24) is 19.2 Å². The number of nitrogens with zero attached hydrogens (tertiary/aromatic N) is 4. The van der Waals surface area contributed by atoms with Gasteiger partial charge in [0.15, 0.2) is 10.7 Å². The Kier molecular flexibility index (Phi) is 7.31. The number of aromatic nitrogens is 2. The number of benzene rings is 2. The van der Waals surface area contributed by atoms with E-state index in [0.29, 0.717) is 48.5 Å². The van der Waals surface area contributed by atoms with Gasteiger partial charge in [-0.05, 0) is 43.2 Å². The number of aliphatic hydroxyl groups excluding tert-OH is 1. The van der Waals surface area contributed by atoms with Crippen molar-refractivity contribution in [2.75, 3.05) is 46.0 Å². The van der Waals surface area contributed by atoms with Crippen LogP contribution in [0.3, 0.4) is 0 Å². The number of rotatable bonds is 9. The molecule has 0 radical (unpaired) electrons. The van der Waals surface area contributed by atoms with Gasteiger partial charge < -0.3 is 19.5 Å². The highest BCUT2D eigenvalue weighted by Gasteiger charge is 2.44. The summed E-state index contributed by atoms with van der Waals surface area (Å²) < 4.78 is 13.3. The average molecular weight is 561 g/mol. The van der Waals surface area contributed by atoms with E-state index in [9.17, 15) is 14.7 Å². The minimum Gasteiger partial charge on any atom is -0.503 e. The maximum absolute atomic E-state index is 14.2. The first-order chi connectivity index (χ1) is 19.5. The molecule has 1 N–H and O–H groups in total. The lowest BCUT2D eigenvalue weighted by atomic mass is 9.95. The molecule has 6 rings (SSSR count). The molecule has 40 heavy (non-hydrogen) atoms. The third-order valence-corrected chi connectivity index (χ3v) is 8.69.